The zero-order valence-electron chi connectivity index (χ0n) is 10.1. The highest BCUT2D eigenvalue weighted by molar-refractivity contribution is 7.91. The van der Waals surface area contributed by atoms with Crippen molar-refractivity contribution >= 4 is 21.4 Å². The summed E-state index contributed by atoms with van der Waals surface area (Å²) in [7, 11) is 0.0925. The van der Waals surface area contributed by atoms with Gasteiger partial charge in [-0.1, -0.05) is 6.08 Å². The van der Waals surface area contributed by atoms with E-state index < -0.39 is 10.0 Å². The van der Waals surface area contributed by atoms with Crippen molar-refractivity contribution in [2.75, 3.05) is 27.2 Å². The molecule has 0 unspecified atom stereocenters. The maximum absolute atomic E-state index is 12.1. The van der Waals surface area contributed by atoms with E-state index in [0.29, 0.717) is 10.8 Å². The third-order valence-electron chi connectivity index (χ3n) is 2.31. The van der Waals surface area contributed by atoms with Gasteiger partial charge in [0.05, 0.1) is 0 Å². The summed E-state index contributed by atoms with van der Waals surface area (Å²) in [6.45, 7) is 4.72. The Morgan fingerprint density at radius 2 is 2.24 bits per heavy atom. The van der Waals surface area contributed by atoms with Gasteiger partial charge < -0.3 is 5.32 Å². The van der Waals surface area contributed by atoms with Crippen LogP contribution in [-0.2, 0) is 16.4 Å². The molecule has 1 aromatic rings. The number of likely N-dealkylation sites (N-methyl/N-ethyl adjacent to an activating group) is 2. The second kappa shape index (κ2) is 6.30. The van der Waals surface area contributed by atoms with Crippen molar-refractivity contribution in [1.82, 2.24) is 9.62 Å². The Balaban J connectivity index is 2.84. The van der Waals surface area contributed by atoms with Crippen LogP contribution in [0.3, 0.4) is 0 Å². The van der Waals surface area contributed by atoms with Gasteiger partial charge in [0, 0.05) is 18.5 Å². The van der Waals surface area contributed by atoms with E-state index in [1.54, 1.807) is 19.2 Å². The fourth-order valence-corrected chi connectivity index (χ4v) is 4.02. The van der Waals surface area contributed by atoms with Crippen LogP contribution in [0.5, 0.6) is 0 Å². The van der Waals surface area contributed by atoms with E-state index in [1.807, 2.05) is 13.1 Å². The van der Waals surface area contributed by atoms with Crippen LogP contribution in [-0.4, -0.2) is 39.9 Å². The minimum Gasteiger partial charge on any atom is -0.319 e. The lowest BCUT2D eigenvalue weighted by Crippen LogP contribution is -2.26. The lowest BCUT2D eigenvalue weighted by molar-refractivity contribution is 0.501. The van der Waals surface area contributed by atoms with Gasteiger partial charge in [-0.3, -0.25) is 0 Å². The van der Waals surface area contributed by atoms with Gasteiger partial charge in [-0.15, -0.1) is 17.9 Å². The van der Waals surface area contributed by atoms with Crippen LogP contribution in [0.2, 0.25) is 0 Å². The van der Waals surface area contributed by atoms with Crippen molar-refractivity contribution in [2.24, 2.45) is 0 Å². The largest absolute Gasteiger partial charge is 0.319 e. The third-order valence-corrected chi connectivity index (χ3v) is 5.74. The van der Waals surface area contributed by atoms with Crippen LogP contribution < -0.4 is 5.32 Å². The molecule has 4 nitrogen and oxygen atoms in total. The molecule has 0 aromatic carbocycles. The highest BCUT2D eigenvalue weighted by atomic mass is 32.2. The molecule has 0 saturated heterocycles. The monoisotopic (exact) mass is 274 g/mol. The molecule has 0 amide bonds. The van der Waals surface area contributed by atoms with Gasteiger partial charge in [0.1, 0.15) is 4.21 Å². The van der Waals surface area contributed by atoms with E-state index in [4.69, 9.17) is 0 Å². The predicted octanol–water partition coefficient (Wildman–Crippen LogP) is 1.32. The fourth-order valence-electron chi connectivity index (χ4n) is 1.31. The number of thiophene rings is 1. The molecule has 96 valence electrons. The van der Waals surface area contributed by atoms with Gasteiger partial charge in [-0.2, -0.15) is 4.31 Å². The Labute approximate surface area is 107 Å². The van der Waals surface area contributed by atoms with Crippen LogP contribution in [0, 0.1) is 0 Å². The Morgan fingerprint density at radius 3 is 2.82 bits per heavy atom. The van der Waals surface area contributed by atoms with Crippen molar-refractivity contribution in [1.29, 1.82) is 0 Å². The molecule has 0 aliphatic rings. The number of rotatable bonds is 7. The third kappa shape index (κ3) is 3.64. The summed E-state index contributed by atoms with van der Waals surface area (Å²) in [5.74, 6) is 0. The lowest BCUT2D eigenvalue weighted by atomic mass is 10.3. The van der Waals surface area contributed by atoms with Crippen LogP contribution >= 0.6 is 11.3 Å². The molecular formula is C11H18N2O2S2. The number of hydrogen-bond acceptors (Lipinski definition) is 4. The minimum atomic E-state index is -3.35. The fraction of sp³-hybridized carbons (Fsp3) is 0.455. The highest BCUT2D eigenvalue weighted by Crippen LogP contribution is 2.24. The van der Waals surface area contributed by atoms with E-state index >= 15 is 0 Å². The molecule has 1 heterocycles. The summed E-state index contributed by atoms with van der Waals surface area (Å²) in [5, 5.41) is 3.04. The molecule has 1 rings (SSSR count). The van der Waals surface area contributed by atoms with E-state index in [-0.39, 0.29) is 0 Å². The molecule has 1 N–H and O–H groups in total. The molecule has 0 saturated carbocycles. The number of hydrogen-bond donors (Lipinski definition) is 1. The zero-order valence-corrected chi connectivity index (χ0v) is 11.8. The van der Waals surface area contributed by atoms with E-state index in [1.165, 1.54) is 15.6 Å². The normalized spacial score (nSPS) is 11.9. The summed E-state index contributed by atoms with van der Waals surface area (Å²) in [6.07, 6.45) is 2.43. The smallest absolute Gasteiger partial charge is 0.252 e. The molecule has 0 spiro atoms. The second-order valence-corrected chi connectivity index (χ2v) is 7.09. The molecule has 17 heavy (non-hydrogen) atoms. The predicted molar refractivity (Wildman–Crippen MR) is 72.0 cm³/mol. The quantitative estimate of drug-likeness (QED) is 0.763. The van der Waals surface area contributed by atoms with Gasteiger partial charge >= 0.3 is 0 Å². The average Bonchev–Trinajstić information content (AvgIpc) is 2.75. The molecule has 6 heteroatoms. The average molecular weight is 274 g/mol. The first-order chi connectivity index (χ1) is 8.02. The number of nitrogens with one attached hydrogen (secondary N) is 1. The van der Waals surface area contributed by atoms with Gasteiger partial charge in [0.25, 0.3) is 10.0 Å². The molecule has 0 aliphatic heterocycles. The Kier molecular flexibility index (Phi) is 5.32. The molecule has 0 fully saturated rings. The van der Waals surface area contributed by atoms with Crippen molar-refractivity contribution in [3.05, 3.63) is 29.7 Å². The van der Waals surface area contributed by atoms with Crippen LogP contribution in [0.4, 0.5) is 0 Å². The van der Waals surface area contributed by atoms with Gasteiger partial charge in [-0.05, 0) is 32.1 Å². The van der Waals surface area contributed by atoms with E-state index in [2.05, 4.69) is 11.9 Å². The summed E-state index contributed by atoms with van der Waals surface area (Å²) < 4.78 is 25.9. The number of nitrogens with zero attached hydrogens (tertiary/aromatic N) is 1. The first kappa shape index (κ1) is 14.4. The van der Waals surface area contributed by atoms with Crippen molar-refractivity contribution in [2.45, 2.75) is 10.6 Å². The van der Waals surface area contributed by atoms with Crippen LogP contribution in [0.25, 0.3) is 0 Å². The summed E-state index contributed by atoms with van der Waals surface area (Å²) >= 11 is 1.33. The Morgan fingerprint density at radius 1 is 1.53 bits per heavy atom. The van der Waals surface area contributed by atoms with Gasteiger partial charge in [-0.25, -0.2) is 8.42 Å². The summed E-state index contributed by atoms with van der Waals surface area (Å²) in [5.41, 5.74) is 0. The zero-order chi connectivity index (χ0) is 12.9. The molecule has 0 bridgehead atoms. The maximum Gasteiger partial charge on any atom is 0.252 e. The highest BCUT2D eigenvalue weighted by Gasteiger charge is 2.21. The molecule has 0 radical (unpaired) electrons. The standard InChI is InChI=1S/C11H18N2O2S2/c1-4-9-13(3)17(14,15)11-6-5-10(16-11)7-8-12-2/h4-6,12H,1,7-9H2,2-3H3. The minimum absolute atomic E-state index is 0.325. The molecule has 1 aromatic heterocycles. The summed E-state index contributed by atoms with van der Waals surface area (Å²) in [6, 6.07) is 3.54. The summed E-state index contributed by atoms with van der Waals surface area (Å²) in [4.78, 5) is 1.07. The van der Waals surface area contributed by atoms with Crippen molar-refractivity contribution < 1.29 is 8.42 Å². The topological polar surface area (TPSA) is 49.4 Å². The van der Waals surface area contributed by atoms with Gasteiger partial charge in [0.15, 0.2) is 0 Å². The lowest BCUT2D eigenvalue weighted by Gasteiger charge is -2.13. The Hall–Kier alpha value is -0.690. The maximum atomic E-state index is 12.1. The van der Waals surface area contributed by atoms with E-state index in [9.17, 15) is 8.42 Å². The SMILES string of the molecule is C=CCN(C)S(=O)(=O)c1ccc(CCNC)s1. The Bertz CT molecular complexity index is 466. The van der Waals surface area contributed by atoms with Crippen LogP contribution in [0.15, 0.2) is 29.0 Å². The second-order valence-electron chi connectivity index (χ2n) is 3.65. The molecule has 0 atom stereocenters. The van der Waals surface area contributed by atoms with E-state index in [0.717, 1.165) is 17.8 Å². The first-order valence-electron chi connectivity index (χ1n) is 5.33. The number of sulfonamides is 1. The van der Waals surface area contributed by atoms with Crippen LogP contribution in [0.1, 0.15) is 4.88 Å². The van der Waals surface area contributed by atoms with Crippen molar-refractivity contribution in [3.63, 3.8) is 0 Å². The van der Waals surface area contributed by atoms with Crippen molar-refractivity contribution in [3.8, 4) is 0 Å². The molecular weight excluding hydrogens is 256 g/mol. The first-order valence-corrected chi connectivity index (χ1v) is 7.58. The molecule has 0 aliphatic carbocycles. The van der Waals surface area contributed by atoms with Gasteiger partial charge in [0.2, 0.25) is 0 Å².